The van der Waals surface area contributed by atoms with E-state index in [-0.39, 0.29) is 23.9 Å². The molecule has 17 heteroatoms. The van der Waals surface area contributed by atoms with Crippen LogP contribution < -0.4 is 0 Å². The summed E-state index contributed by atoms with van der Waals surface area (Å²) in [6, 6.07) is 3.50. The molecule has 0 aliphatic rings. The van der Waals surface area contributed by atoms with Gasteiger partial charge >= 0.3 is 17.9 Å². The second kappa shape index (κ2) is 15.1. The molecule has 0 N–H and O–H groups in total. The molecular formula is C24H24Cl2N6O7S2. The van der Waals surface area contributed by atoms with Crippen molar-refractivity contribution < 1.29 is 33.3 Å². The second-order valence-electron chi connectivity index (χ2n) is 8.34. The molecule has 0 spiro atoms. The number of nitrogens with zero attached hydrogens (tertiary/aromatic N) is 6. The van der Waals surface area contributed by atoms with Crippen molar-refractivity contribution in [3.8, 4) is 16.8 Å². The minimum absolute atomic E-state index is 0.0443. The number of carbonyl (C=O) groups is 3. The first-order valence-corrected chi connectivity index (χ1v) is 14.3. The Morgan fingerprint density at radius 1 is 1.15 bits per heavy atom. The Kier molecular flexibility index (Phi) is 11.9. The Balaban J connectivity index is 2.00. The molecule has 0 aliphatic carbocycles. The molecule has 0 saturated carbocycles. The number of ether oxygens (including phenoxy) is 4. The molecule has 13 nitrogen and oxygen atoms in total. The number of nitriles is 1. The van der Waals surface area contributed by atoms with Crippen molar-refractivity contribution in [1.82, 2.24) is 25.0 Å². The van der Waals surface area contributed by atoms with Crippen molar-refractivity contribution in [1.29, 1.82) is 5.26 Å². The summed E-state index contributed by atoms with van der Waals surface area (Å²) in [5.74, 6) is -1.80. The Hall–Kier alpha value is -3.29. The molecule has 0 aromatic carbocycles. The Morgan fingerprint density at radius 2 is 1.88 bits per heavy atom. The second-order valence-corrected chi connectivity index (χ2v) is 11.2. The lowest BCUT2D eigenvalue weighted by Gasteiger charge is -2.32. The molecule has 2 unspecified atom stereocenters. The van der Waals surface area contributed by atoms with Gasteiger partial charge in [-0.3, -0.25) is 14.4 Å². The van der Waals surface area contributed by atoms with Crippen molar-refractivity contribution >= 4 is 64.2 Å². The lowest BCUT2D eigenvalue weighted by Crippen LogP contribution is -2.43. The molecule has 0 bridgehead atoms. The Bertz CT molecular complexity index is 1430. The van der Waals surface area contributed by atoms with Crippen molar-refractivity contribution in [3.05, 3.63) is 39.7 Å². The number of pyridine rings is 1. The molecule has 0 aliphatic heterocycles. The van der Waals surface area contributed by atoms with E-state index >= 15 is 0 Å². The number of thioether (sulfide) groups is 1. The van der Waals surface area contributed by atoms with Gasteiger partial charge in [0.05, 0.1) is 17.8 Å². The standard InChI is InChI=1S/C24H24Cl2N6O7S2/c1-12(37-14(3)34)20(10-36-13(2)33)39-24(41-21-5-16(25)7-28-17(21)6-27)19(38-15(4)35)9-32-8-18(30-31-32)23-29-22(26)11-40-23/h5,7-8,11-12,19-20,24H,9-10H2,1-4H3/t12-,19+,20?,24?/m1/s1. The number of aromatic nitrogens is 5. The molecule has 0 radical (unpaired) electrons. The van der Waals surface area contributed by atoms with Crippen LogP contribution in [0, 0.1) is 11.3 Å². The van der Waals surface area contributed by atoms with E-state index in [1.54, 1.807) is 18.5 Å². The van der Waals surface area contributed by atoms with Gasteiger partial charge in [-0.2, -0.15) is 5.26 Å². The van der Waals surface area contributed by atoms with E-state index in [1.165, 1.54) is 49.1 Å². The number of halogens is 2. The molecule has 3 aromatic heterocycles. The van der Waals surface area contributed by atoms with Crippen LogP contribution in [0.2, 0.25) is 10.2 Å². The van der Waals surface area contributed by atoms with Gasteiger partial charge < -0.3 is 18.9 Å². The van der Waals surface area contributed by atoms with E-state index < -0.39 is 41.7 Å². The van der Waals surface area contributed by atoms with E-state index in [2.05, 4.69) is 20.3 Å². The van der Waals surface area contributed by atoms with Crippen molar-refractivity contribution in [3.63, 3.8) is 0 Å². The normalized spacial score (nSPS) is 13.9. The SMILES string of the molecule is CC(=O)OCC(OC(Sc1cc(Cl)cnc1C#N)[C@H](Cn1cc(-c2nc(Cl)cs2)nn1)OC(C)=O)[C@@H](C)OC(C)=O. The molecule has 41 heavy (non-hydrogen) atoms. The molecule has 0 saturated heterocycles. The fraction of sp³-hybridized carbons (Fsp3) is 0.417. The first-order chi connectivity index (χ1) is 19.4. The summed E-state index contributed by atoms with van der Waals surface area (Å²) in [6.45, 7) is 4.88. The Labute approximate surface area is 253 Å². The average molecular weight is 644 g/mol. The molecule has 3 rings (SSSR count). The van der Waals surface area contributed by atoms with Crippen LogP contribution in [0.25, 0.3) is 10.7 Å². The summed E-state index contributed by atoms with van der Waals surface area (Å²) in [5.41, 5.74) is -0.592. The predicted octanol–water partition coefficient (Wildman–Crippen LogP) is 3.93. The monoisotopic (exact) mass is 642 g/mol. The molecule has 3 heterocycles. The fourth-order valence-corrected chi connectivity index (χ4v) is 5.60. The lowest BCUT2D eigenvalue weighted by atomic mass is 10.2. The maximum Gasteiger partial charge on any atom is 0.303 e. The van der Waals surface area contributed by atoms with Crippen molar-refractivity contribution in [2.24, 2.45) is 0 Å². The molecule has 0 fully saturated rings. The van der Waals surface area contributed by atoms with Crippen LogP contribution in [0.4, 0.5) is 0 Å². The molecule has 218 valence electrons. The predicted molar refractivity (Wildman–Crippen MR) is 148 cm³/mol. The van der Waals surface area contributed by atoms with E-state index in [4.69, 9.17) is 42.1 Å². The van der Waals surface area contributed by atoms with E-state index in [1.807, 2.05) is 6.07 Å². The van der Waals surface area contributed by atoms with Gasteiger partial charge in [0.2, 0.25) is 0 Å². The highest BCUT2D eigenvalue weighted by Crippen LogP contribution is 2.33. The van der Waals surface area contributed by atoms with Crippen LogP contribution in [0.1, 0.15) is 33.4 Å². The summed E-state index contributed by atoms with van der Waals surface area (Å²) >= 11 is 14.3. The smallest absolute Gasteiger partial charge is 0.303 e. The zero-order valence-electron chi connectivity index (χ0n) is 22.1. The van der Waals surface area contributed by atoms with Gasteiger partial charge in [0, 0.05) is 37.2 Å². The highest BCUT2D eigenvalue weighted by atomic mass is 35.5. The quantitative estimate of drug-likeness (QED) is 0.114. The zero-order chi connectivity index (χ0) is 30.1. The minimum Gasteiger partial charge on any atom is -0.463 e. The van der Waals surface area contributed by atoms with Gasteiger partial charge in [-0.15, -0.1) is 16.4 Å². The van der Waals surface area contributed by atoms with Gasteiger partial charge in [0.1, 0.15) is 46.2 Å². The molecular weight excluding hydrogens is 619 g/mol. The first-order valence-electron chi connectivity index (χ1n) is 11.8. The van der Waals surface area contributed by atoms with Crippen LogP contribution in [0.5, 0.6) is 0 Å². The van der Waals surface area contributed by atoms with Crippen LogP contribution in [0.3, 0.4) is 0 Å². The number of carbonyl (C=O) groups excluding carboxylic acids is 3. The maximum atomic E-state index is 12.2. The zero-order valence-corrected chi connectivity index (χ0v) is 25.3. The fourth-order valence-electron chi connectivity index (χ4n) is 3.34. The number of esters is 3. The number of hydrogen-bond acceptors (Lipinski definition) is 14. The van der Waals surface area contributed by atoms with E-state index in [9.17, 15) is 19.6 Å². The van der Waals surface area contributed by atoms with Crippen LogP contribution >= 0.6 is 46.3 Å². The Morgan fingerprint density at radius 3 is 2.49 bits per heavy atom. The van der Waals surface area contributed by atoms with Crippen LogP contribution in [-0.2, 0) is 39.9 Å². The topological polar surface area (TPSA) is 168 Å². The van der Waals surface area contributed by atoms with Crippen molar-refractivity contribution in [2.45, 2.75) is 62.9 Å². The largest absolute Gasteiger partial charge is 0.463 e. The van der Waals surface area contributed by atoms with Gasteiger partial charge in [0.25, 0.3) is 0 Å². The average Bonchev–Trinajstić information content (AvgIpc) is 3.53. The molecule has 0 amide bonds. The van der Waals surface area contributed by atoms with Crippen molar-refractivity contribution in [2.75, 3.05) is 6.61 Å². The number of thiazole rings is 1. The van der Waals surface area contributed by atoms with Gasteiger partial charge in [-0.05, 0) is 13.0 Å². The molecule has 4 atom stereocenters. The summed E-state index contributed by atoms with van der Waals surface area (Å²) in [7, 11) is 0. The highest BCUT2D eigenvalue weighted by molar-refractivity contribution is 7.99. The van der Waals surface area contributed by atoms with Gasteiger partial charge in [-0.1, -0.05) is 40.2 Å². The first kappa shape index (κ1) is 32.2. The summed E-state index contributed by atoms with van der Waals surface area (Å²) < 4.78 is 23.8. The summed E-state index contributed by atoms with van der Waals surface area (Å²) in [4.78, 5) is 44.0. The number of rotatable bonds is 13. The third-order valence-corrected chi connectivity index (χ3v) is 7.63. The number of hydrogen-bond donors (Lipinski definition) is 0. The third kappa shape index (κ3) is 9.94. The lowest BCUT2D eigenvalue weighted by molar-refractivity contribution is -0.170. The minimum atomic E-state index is -1.08. The van der Waals surface area contributed by atoms with Gasteiger partial charge in [-0.25, -0.2) is 14.6 Å². The summed E-state index contributed by atoms with van der Waals surface area (Å²) in [5, 5.41) is 20.6. The maximum absolute atomic E-state index is 12.2. The third-order valence-electron chi connectivity index (χ3n) is 5.03. The van der Waals surface area contributed by atoms with E-state index in [0.717, 1.165) is 11.8 Å². The van der Waals surface area contributed by atoms with Crippen LogP contribution in [-0.4, -0.2) is 73.2 Å². The van der Waals surface area contributed by atoms with Gasteiger partial charge in [0.15, 0.2) is 11.8 Å². The van der Waals surface area contributed by atoms with Crippen LogP contribution in [0.15, 0.2) is 28.7 Å². The summed E-state index contributed by atoms with van der Waals surface area (Å²) in [6.07, 6.45) is -0.0278. The molecule has 3 aromatic rings. The highest BCUT2D eigenvalue weighted by Gasteiger charge is 2.34. The van der Waals surface area contributed by atoms with E-state index in [0.29, 0.717) is 20.8 Å².